The van der Waals surface area contributed by atoms with Gasteiger partial charge >= 0.3 is 0 Å². The summed E-state index contributed by atoms with van der Waals surface area (Å²) in [6, 6.07) is 11.2. The van der Waals surface area contributed by atoms with Crippen LogP contribution in [0.3, 0.4) is 0 Å². The fourth-order valence-electron chi connectivity index (χ4n) is 3.34. The molecule has 0 radical (unpaired) electrons. The monoisotopic (exact) mass is 372 g/mol. The molecule has 1 heterocycles. The van der Waals surface area contributed by atoms with E-state index in [9.17, 15) is 18.0 Å². The fraction of sp³-hybridized carbons (Fsp3) is 0.263. The second-order valence-corrected chi connectivity index (χ2v) is 8.12. The Morgan fingerprint density at radius 1 is 1.12 bits per heavy atom. The third-order valence-corrected chi connectivity index (χ3v) is 5.83. The molecule has 1 aliphatic heterocycles. The van der Waals surface area contributed by atoms with Crippen LogP contribution in [0.25, 0.3) is 0 Å². The Hall–Kier alpha value is -2.67. The third kappa shape index (κ3) is 3.22. The number of sulfonamides is 1. The molecule has 0 saturated heterocycles. The van der Waals surface area contributed by atoms with Crippen LogP contribution in [0.15, 0.2) is 47.4 Å². The van der Waals surface area contributed by atoms with Crippen LogP contribution in [-0.4, -0.2) is 26.2 Å². The predicted octanol–water partition coefficient (Wildman–Crippen LogP) is 2.99. The van der Waals surface area contributed by atoms with Crippen molar-refractivity contribution in [2.45, 2.75) is 38.1 Å². The van der Waals surface area contributed by atoms with E-state index in [2.05, 4.69) is 4.72 Å². The number of nitrogens with zero attached hydrogens (tertiary/aromatic N) is 1. The van der Waals surface area contributed by atoms with E-state index in [0.717, 1.165) is 11.3 Å². The van der Waals surface area contributed by atoms with Gasteiger partial charge in [-0.1, -0.05) is 12.1 Å². The lowest BCUT2D eigenvalue weighted by atomic mass is 10.1. The van der Waals surface area contributed by atoms with Crippen LogP contribution < -0.4 is 9.62 Å². The minimum Gasteiger partial charge on any atom is -0.309 e. The first-order valence-corrected chi connectivity index (χ1v) is 9.74. The van der Waals surface area contributed by atoms with Gasteiger partial charge in [0.2, 0.25) is 5.91 Å². The lowest BCUT2D eigenvalue weighted by molar-refractivity contribution is -0.116. The van der Waals surface area contributed by atoms with Crippen molar-refractivity contribution in [3.05, 3.63) is 53.6 Å². The van der Waals surface area contributed by atoms with Gasteiger partial charge < -0.3 is 4.90 Å². The molecule has 0 fully saturated rings. The molecule has 2 aromatic rings. The minimum absolute atomic E-state index is 0.00754. The van der Waals surface area contributed by atoms with Gasteiger partial charge in [-0.2, -0.15) is 0 Å². The summed E-state index contributed by atoms with van der Waals surface area (Å²) < 4.78 is 28.0. The summed E-state index contributed by atoms with van der Waals surface area (Å²) in [6.07, 6.45) is 0.600. The van der Waals surface area contributed by atoms with Crippen molar-refractivity contribution >= 4 is 33.1 Å². The molecule has 0 spiro atoms. The van der Waals surface area contributed by atoms with Crippen LogP contribution >= 0.6 is 0 Å². The Labute approximate surface area is 152 Å². The van der Waals surface area contributed by atoms with Gasteiger partial charge in [0.15, 0.2) is 5.78 Å². The lowest BCUT2D eigenvalue weighted by Gasteiger charge is -2.20. The molecule has 0 saturated carbocycles. The number of para-hydroxylation sites is 1. The van der Waals surface area contributed by atoms with Crippen LogP contribution in [0.5, 0.6) is 0 Å². The number of hydrogen-bond donors (Lipinski definition) is 1. The maximum Gasteiger partial charge on any atom is 0.261 e. The number of carbonyl (C=O) groups is 2. The van der Waals surface area contributed by atoms with Crippen molar-refractivity contribution in [3.63, 3.8) is 0 Å². The van der Waals surface area contributed by atoms with Gasteiger partial charge in [-0.3, -0.25) is 14.3 Å². The zero-order valence-corrected chi connectivity index (χ0v) is 15.6. The molecule has 0 aliphatic carbocycles. The Kier molecular flexibility index (Phi) is 4.58. The summed E-state index contributed by atoms with van der Waals surface area (Å²) in [4.78, 5) is 25.3. The highest BCUT2D eigenvalue weighted by atomic mass is 32.2. The molecular weight excluding hydrogens is 352 g/mol. The van der Waals surface area contributed by atoms with Gasteiger partial charge in [-0.25, -0.2) is 8.42 Å². The first-order valence-electron chi connectivity index (χ1n) is 8.26. The predicted molar refractivity (Wildman–Crippen MR) is 100 cm³/mol. The summed E-state index contributed by atoms with van der Waals surface area (Å²) in [5.41, 5.74) is 2.12. The maximum atomic E-state index is 12.8. The van der Waals surface area contributed by atoms with Crippen molar-refractivity contribution < 1.29 is 18.0 Å². The Bertz CT molecular complexity index is 998. The summed E-state index contributed by atoms with van der Waals surface area (Å²) in [5, 5.41) is 0. The average molecular weight is 372 g/mol. The van der Waals surface area contributed by atoms with E-state index in [1.165, 1.54) is 19.9 Å². The van der Waals surface area contributed by atoms with Gasteiger partial charge in [0.1, 0.15) is 0 Å². The minimum atomic E-state index is -3.85. The van der Waals surface area contributed by atoms with E-state index in [0.29, 0.717) is 12.0 Å². The van der Waals surface area contributed by atoms with Gasteiger partial charge in [0.25, 0.3) is 10.0 Å². The zero-order chi connectivity index (χ0) is 19.1. The number of Topliss-reactive ketones (excluding diaryl/α,β-unsaturated/α-hetero) is 1. The first-order chi connectivity index (χ1) is 12.2. The first kappa shape index (κ1) is 18.1. The van der Waals surface area contributed by atoms with Gasteiger partial charge in [0, 0.05) is 24.2 Å². The molecule has 1 N–H and O–H groups in total. The summed E-state index contributed by atoms with van der Waals surface area (Å²) >= 11 is 0. The number of nitrogens with one attached hydrogen (secondary N) is 1. The van der Waals surface area contributed by atoms with Gasteiger partial charge in [0.05, 0.1) is 10.6 Å². The van der Waals surface area contributed by atoms with Crippen molar-refractivity contribution in [3.8, 4) is 0 Å². The molecule has 2 aromatic carbocycles. The topological polar surface area (TPSA) is 83.6 Å². The molecule has 1 amide bonds. The second kappa shape index (κ2) is 6.57. The number of fused-ring (bicyclic) bond motifs is 1. The number of rotatable bonds is 4. The Morgan fingerprint density at radius 2 is 1.81 bits per heavy atom. The van der Waals surface area contributed by atoms with E-state index in [1.807, 2.05) is 6.92 Å². The highest BCUT2D eigenvalue weighted by molar-refractivity contribution is 7.92. The molecule has 7 heteroatoms. The summed E-state index contributed by atoms with van der Waals surface area (Å²) in [7, 11) is -3.85. The molecular formula is C19H20N2O4S. The number of amides is 1. The maximum absolute atomic E-state index is 12.8. The number of anilines is 2. The van der Waals surface area contributed by atoms with Crippen molar-refractivity contribution in [1.29, 1.82) is 0 Å². The molecule has 6 nitrogen and oxygen atoms in total. The average Bonchev–Trinajstić information content (AvgIpc) is 2.89. The third-order valence-electron chi connectivity index (χ3n) is 4.47. The lowest BCUT2D eigenvalue weighted by Crippen LogP contribution is -2.33. The number of benzene rings is 2. The highest BCUT2D eigenvalue weighted by Gasteiger charge is 2.30. The number of ketones is 1. The van der Waals surface area contributed by atoms with E-state index in [1.54, 1.807) is 41.3 Å². The van der Waals surface area contributed by atoms with Crippen molar-refractivity contribution in [2.75, 3.05) is 9.62 Å². The quantitative estimate of drug-likeness (QED) is 0.837. The van der Waals surface area contributed by atoms with Crippen LogP contribution in [0.4, 0.5) is 11.4 Å². The molecule has 1 aliphatic rings. The van der Waals surface area contributed by atoms with Crippen molar-refractivity contribution in [2.24, 2.45) is 0 Å². The van der Waals surface area contributed by atoms with Crippen molar-refractivity contribution in [1.82, 2.24) is 0 Å². The van der Waals surface area contributed by atoms with Crippen LogP contribution in [0.2, 0.25) is 0 Å². The SMILES string of the molecule is CC(=O)c1ccccc1NS(=O)(=O)c1ccc2c(c1)C[C@H](C)N2C(C)=O. The molecule has 26 heavy (non-hydrogen) atoms. The van der Waals surface area contributed by atoms with E-state index < -0.39 is 10.0 Å². The van der Waals surface area contributed by atoms with Crippen LogP contribution in [-0.2, 0) is 21.2 Å². The summed E-state index contributed by atoms with van der Waals surface area (Å²) in [6.45, 7) is 4.81. The molecule has 136 valence electrons. The van der Waals surface area contributed by atoms with Gasteiger partial charge in [-0.15, -0.1) is 0 Å². The molecule has 1 atom stereocenters. The van der Waals surface area contributed by atoms with Gasteiger partial charge in [-0.05, 0) is 56.2 Å². The number of carbonyl (C=O) groups excluding carboxylic acids is 2. The Balaban J connectivity index is 1.97. The standard InChI is InChI=1S/C19H20N2O4S/c1-12-10-15-11-16(8-9-19(15)21(12)14(3)23)26(24,25)20-18-7-5-4-6-17(18)13(2)22/h4-9,11-12,20H,10H2,1-3H3/t12-/m0/s1. The molecule has 0 aromatic heterocycles. The van der Waals surface area contributed by atoms with E-state index >= 15 is 0 Å². The second-order valence-electron chi connectivity index (χ2n) is 6.44. The van der Waals surface area contributed by atoms with Crippen LogP contribution in [0.1, 0.15) is 36.7 Å². The molecule has 0 bridgehead atoms. The Morgan fingerprint density at radius 3 is 2.46 bits per heavy atom. The van der Waals surface area contributed by atoms with Crippen LogP contribution in [0, 0.1) is 0 Å². The molecule has 3 rings (SSSR count). The fourth-order valence-corrected chi connectivity index (χ4v) is 4.47. The van der Waals surface area contributed by atoms with E-state index in [4.69, 9.17) is 0 Å². The summed E-state index contributed by atoms with van der Waals surface area (Å²) in [5.74, 6) is -0.288. The van der Waals surface area contributed by atoms with E-state index in [-0.39, 0.29) is 28.3 Å². The molecule has 0 unspecified atom stereocenters. The number of hydrogen-bond acceptors (Lipinski definition) is 4. The normalized spacial score (nSPS) is 16.3. The smallest absolute Gasteiger partial charge is 0.261 e. The highest BCUT2D eigenvalue weighted by Crippen LogP contribution is 2.34. The zero-order valence-electron chi connectivity index (χ0n) is 14.8. The largest absolute Gasteiger partial charge is 0.309 e.